The van der Waals surface area contributed by atoms with Gasteiger partial charge in [-0.1, -0.05) is 53.3 Å². The van der Waals surface area contributed by atoms with Crippen LogP contribution in [-0.2, 0) is 10.8 Å². The van der Waals surface area contributed by atoms with Gasteiger partial charge >= 0.3 is 0 Å². The Balaban J connectivity index is 2.48. The van der Waals surface area contributed by atoms with Gasteiger partial charge in [-0.3, -0.25) is 4.98 Å². The third kappa shape index (κ3) is 2.24. The summed E-state index contributed by atoms with van der Waals surface area (Å²) in [5.41, 5.74) is 6.55. The minimum atomic E-state index is -0.200. The quantitative estimate of drug-likeness (QED) is 0.698. The van der Waals surface area contributed by atoms with Crippen LogP contribution in [0.3, 0.4) is 0 Å². The predicted molar refractivity (Wildman–Crippen MR) is 104 cm³/mol. The zero-order valence-corrected chi connectivity index (χ0v) is 15.5. The molecular weight excluding hydrogens is 292 g/mol. The summed E-state index contributed by atoms with van der Waals surface area (Å²) in [6.45, 7) is 17.4. The molecular formula is C22H26N2. The molecule has 2 heteroatoms. The van der Waals surface area contributed by atoms with Crippen molar-refractivity contribution in [3.63, 3.8) is 0 Å². The summed E-state index contributed by atoms with van der Waals surface area (Å²) >= 11 is 0. The number of allylic oxidation sites excluding steroid dienone is 3. The molecule has 1 aliphatic rings. The molecule has 0 fully saturated rings. The first-order valence-corrected chi connectivity index (χ1v) is 8.44. The summed E-state index contributed by atoms with van der Waals surface area (Å²) in [5, 5.41) is 10.2. The van der Waals surface area contributed by atoms with Crippen molar-refractivity contribution in [2.24, 2.45) is 0 Å². The second-order valence-electron chi connectivity index (χ2n) is 8.33. The van der Waals surface area contributed by atoms with Crippen molar-refractivity contribution < 1.29 is 0 Å². The zero-order chi connectivity index (χ0) is 17.9. The number of aromatic nitrogens is 1. The molecule has 0 saturated carbocycles. The van der Waals surface area contributed by atoms with E-state index in [-0.39, 0.29) is 10.8 Å². The Kier molecular flexibility index (Phi) is 3.56. The van der Waals surface area contributed by atoms with Crippen LogP contribution < -0.4 is 0 Å². The average molecular weight is 318 g/mol. The number of pyridine rings is 1. The Hall–Kier alpha value is -2.22. The molecule has 0 radical (unpaired) electrons. The van der Waals surface area contributed by atoms with Crippen molar-refractivity contribution in [2.75, 3.05) is 0 Å². The maximum absolute atomic E-state index is 7.70. The molecule has 3 rings (SSSR count). The van der Waals surface area contributed by atoms with Crippen LogP contribution in [-0.4, -0.2) is 11.2 Å². The van der Waals surface area contributed by atoms with Crippen molar-refractivity contribution in [3.05, 3.63) is 58.9 Å². The van der Waals surface area contributed by atoms with E-state index in [1.165, 1.54) is 28.1 Å². The van der Waals surface area contributed by atoms with Gasteiger partial charge in [0, 0.05) is 23.2 Å². The van der Waals surface area contributed by atoms with E-state index in [2.05, 4.69) is 71.3 Å². The Labute approximate surface area is 144 Å². The first-order chi connectivity index (χ1) is 11.1. The van der Waals surface area contributed by atoms with E-state index in [1.54, 1.807) is 0 Å². The van der Waals surface area contributed by atoms with Gasteiger partial charge in [0.2, 0.25) is 0 Å². The summed E-state index contributed by atoms with van der Waals surface area (Å²) in [5.74, 6) is 0. The Morgan fingerprint density at radius 1 is 1.25 bits per heavy atom. The van der Waals surface area contributed by atoms with Crippen LogP contribution in [0.2, 0.25) is 0 Å². The lowest BCUT2D eigenvalue weighted by Gasteiger charge is -2.37. The predicted octanol–water partition coefficient (Wildman–Crippen LogP) is 5.80. The SMILES string of the molecule is C=C(C=N)C1=C(C)c2nccc3cc(C(C)(C)C)cc(c23)C1(C)C. The van der Waals surface area contributed by atoms with Crippen LogP contribution in [0, 0.1) is 5.41 Å². The smallest absolute Gasteiger partial charge is 0.0743 e. The highest BCUT2D eigenvalue weighted by Crippen LogP contribution is 2.48. The number of rotatable bonds is 2. The summed E-state index contributed by atoms with van der Waals surface area (Å²) in [6, 6.07) is 6.73. The largest absolute Gasteiger partial charge is 0.308 e. The molecule has 1 aliphatic carbocycles. The molecule has 24 heavy (non-hydrogen) atoms. The number of hydrogen-bond donors (Lipinski definition) is 1. The molecule has 0 spiro atoms. The van der Waals surface area contributed by atoms with Crippen LogP contribution in [0.25, 0.3) is 16.3 Å². The van der Waals surface area contributed by atoms with Gasteiger partial charge in [-0.25, -0.2) is 0 Å². The summed E-state index contributed by atoms with van der Waals surface area (Å²) in [4.78, 5) is 4.67. The molecule has 0 bridgehead atoms. The third-order valence-corrected chi connectivity index (χ3v) is 5.25. The van der Waals surface area contributed by atoms with E-state index in [4.69, 9.17) is 5.41 Å². The summed E-state index contributed by atoms with van der Waals surface area (Å²) < 4.78 is 0. The van der Waals surface area contributed by atoms with E-state index in [0.29, 0.717) is 0 Å². The van der Waals surface area contributed by atoms with E-state index in [1.807, 2.05) is 6.20 Å². The molecule has 0 saturated heterocycles. The minimum Gasteiger partial charge on any atom is -0.308 e. The maximum atomic E-state index is 7.70. The van der Waals surface area contributed by atoms with Gasteiger partial charge in [0.15, 0.2) is 0 Å². The van der Waals surface area contributed by atoms with Gasteiger partial charge in [0.1, 0.15) is 0 Å². The van der Waals surface area contributed by atoms with E-state index >= 15 is 0 Å². The van der Waals surface area contributed by atoms with Crippen LogP contribution in [0.1, 0.15) is 58.4 Å². The standard InChI is InChI=1S/C22H26N2/c1-13(12-23)19-14(2)20-18-15(8-9-24-20)10-16(21(3,4)5)11-17(18)22(19,6)7/h8-12,23H,1H2,2-7H3. The molecule has 1 aromatic heterocycles. The monoisotopic (exact) mass is 318 g/mol. The number of nitrogens with one attached hydrogen (secondary N) is 1. The van der Waals surface area contributed by atoms with Gasteiger partial charge in [0.25, 0.3) is 0 Å². The van der Waals surface area contributed by atoms with Crippen molar-refractivity contribution >= 4 is 22.6 Å². The first kappa shape index (κ1) is 16.6. The average Bonchev–Trinajstić information content (AvgIpc) is 2.50. The van der Waals surface area contributed by atoms with E-state index in [9.17, 15) is 0 Å². The van der Waals surface area contributed by atoms with Crippen LogP contribution in [0.15, 0.2) is 42.1 Å². The zero-order valence-electron chi connectivity index (χ0n) is 15.5. The molecule has 0 amide bonds. The normalized spacial score (nSPS) is 16.4. The van der Waals surface area contributed by atoms with Crippen molar-refractivity contribution in [3.8, 4) is 0 Å². The lowest BCUT2D eigenvalue weighted by atomic mass is 9.66. The lowest BCUT2D eigenvalue weighted by Crippen LogP contribution is -2.28. The highest BCUT2D eigenvalue weighted by molar-refractivity contribution is 6.02. The van der Waals surface area contributed by atoms with Crippen molar-refractivity contribution in [1.82, 2.24) is 4.98 Å². The minimum absolute atomic E-state index is 0.0825. The number of benzene rings is 1. The lowest BCUT2D eigenvalue weighted by molar-refractivity contribution is 0.583. The number of hydrogen-bond acceptors (Lipinski definition) is 2. The first-order valence-electron chi connectivity index (χ1n) is 8.44. The summed E-state index contributed by atoms with van der Waals surface area (Å²) in [6.07, 6.45) is 3.25. The second-order valence-corrected chi connectivity index (χ2v) is 8.33. The molecule has 1 heterocycles. The van der Waals surface area contributed by atoms with Gasteiger partial charge in [-0.15, -0.1) is 0 Å². The van der Waals surface area contributed by atoms with E-state index < -0.39 is 0 Å². The van der Waals surface area contributed by atoms with Gasteiger partial charge in [-0.2, -0.15) is 0 Å². The molecule has 1 N–H and O–H groups in total. The molecule has 124 valence electrons. The molecule has 0 aliphatic heterocycles. The van der Waals surface area contributed by atoms with Gasteiger partial charge in [0.05, 0.1) is 5.69 Å². The summed E-state index contributed by atoms with van der Waals surface area (Å²) in [7, 11) is 0. The molecule has 0 unspecified atom stereocenters. The maximum Gasteiger partial charge on any atom is 0.0743 e. The van der Waals surface area contributed by atoms with Gasteiger partial charge < -0.3 is 5.41 Å². The van der Waals surface area contributed by atoms with Crippen LogP contribution in [0.4, 0.5) is 0 Å². The topological polar surface area (TPSA) is 36.7 Å². The fourth-order valence-electron chi connectivity index (χ4n) is 3.96. The second kappa shape index (κ2) is 5.14. The van der Waals surface area contributed by atoms with Crippen molar-refractivity contribution in [1.29, 1.82) is 5.41 Å². The Bertz CT molecular complexity index is 905. The van der Waals surface area contributed by atoms with Gasteiger partial charge in [-0.05, 0) is 51.6 Å². The van der Waals surface area contributed by atoms with E-state index in [0.717, 1.165) is 22.4 Å². The van der Waals surface area contributed by atoms with Crippen LogP contribution >= 0.6 is 0 Å². The highest BCUT2D eigenvalue weighted by atomic mass is 14.7. The molecule has 0 atom stereocenters. The van der Waals surface area contributed by atoms with Crippen LogP contribution in [0.5, 0.6) is 0 Å². The Morgan fingerprint density at radius 3 is 2.50 bits per heavy atom. The molecule has 1 aromatic carbocycles. The number of nitrogens with zero attached hydrogens (tertiary/aromatic N) is 1. The molecule has 2 aromatic rings. The fraction of sp³-hybridized carbons (Fsp3) is 0.364. The highest BCUT2D eigenvalue weighted by Gasteiger charge is 2.36. The Morgan fingerprint density at radius 2 is 1.92 bits per heavy atom. The van der Waals surface area contributed by atoms with Crippen molar-refractivity contribution in [2.45, 2.75) is 52.4 Å². The molecule has 2 nitrogen and oxygen atoms in total. The third-order valence-electron chi connectivity index (χ3n) is 5.25. The fourth-order valence-corrected chi connectivity index (χ4v) is 3.96.